The molecule has 3 atom stereocenters. The predicted octanol–water partition coefficient (Wildman–Crippen LogP) is 4.02. The third-order valence-electron chi connectivity index (χ3n) is 12.1. The Kier molecular flexibility index (Phi) is 10.7. The first-order chi connectivity index (χ1) is 18.8. The minimum Gasteiger partial charge on any atom is -0.301 e. The van der Waals surface area contributed by atoms with Crippen molar-refractivity contribution in [3.8, 4) is 0 Å². The van der Waals surface area contributed by atoms with Crippen LogP contribution in [0.15, 0.2) is 0 Å². The topological polar surface area (TPSA) is 19.4 Å². The molecule has 4 heterocycles. The first-order valence-electron chi connectivity index (χ1n) is 17.2. The van der Waals surface area contributed by atoms with Crippen LogP contribution >= 0.6 is 0 Å². The van der Waals surface area contributed by atoms with E-state index in [0.717, 1.165) is 23.9 Å². The fourth-order valence-corrected chi connectivity index (χ4v) is 8.56. The van der Waals surface area contributed by atoms with Crippen LogP contribution in [0, 0.1) is 17.3 Å². The number of rotatable bonds is 11. The zero-order valence-electron chi connectivity index (χ0n) is 26.6. The van der Waals surface area contributed by atoms with Gasteiger partial charge < -0.3 is 24.5 Å². The van der Waals surface area contributed by atoms with Gasteiger partial charge in [0.25, 0.3) is 0 Å². The van der Waals surface area contributed by atoms with Gasteiger partial charge in [-0.25, -0.2) is 0 Å². The first-order valence-corrected chi connectivity index (χ1v) is 17.2. The lowest BCUT2D eigenvalue weighted by molar-refractivity contribution is 0.0762. The Bertz CT molecular complexity index is 712. The number of likely N-dealkylation sites (tertiary alicyclic amines) is 2. The molecule has 4 aliphatic heterocycles. The van der Waals surface area contributed by atoms with Crippen molar-refractivity contribution < 1.29 is 0 Å². The van der Waals surface area contributed by atoms with Crippen molar-refractivity contribution in [2.24, 2.45) is 17.3 Å². The van der Waals surface area contributed by atoms with E-state index in [4.69, 9.17) is 0 Å². The van der Waals surface area contributed by atoms with Crippen molar-refractivity contribution in [3.05, 3.63) is 0 Å². The molecule has 0 N–H and O–H groups in total. The largest absolute Gasteiger partial charge is 0.301 e. The van der Waals surface area contributed by atoms with Crippen LogP contribution in [0.3, 0.4) is 0 Å². The molecule has 0 bridgehead atoms. The second kappa shape index (κ2) is 13.8. The summed E-state index contributed by atoms with van der Waals surface area (Å²) < 4.78 is 0. The summed E-state index contributed by atoms with van der Waals surface area (Å²) in [6, 6.07) is 2.22. The van der Waals surface area contributed by atoms with Crippen LogP contribution in [0.5, 0.6) is 0 Å². The fraction of sp³-hybridized carbons (Fsp3) is 1.00. The van der Waals surface area contributed by atoms with Crippen molar-refractivity contribution >= 4 is 0 Å². The summed E-state index contributed by atoms with van der Waals surface area (Å²) in [4.78, 5) is 16.4. The summed E-state index contributed by atoms with van der Waals surface area (Å²) in [5.74, 6) is 1.92. The lowest BCUT2D eigenvalue weighted by Gasteiger charge is -2.41. The zero-order valence-corrected chi connectivity index (χ0v) is 26.6. The molecule has 0 radical (unpaired) electrons. The molecular weight excluding hydrogens is 480 g/mol. The molecule has 1 saturated carbocycles. The molecule has 5 aliphatic rings. The summed E-state index contributed by atoms with van der Waals surface area (Å²) >= 11 is 0. The van der Waals surface area contributed by atoms with Crippen LogP contribution in [-0.2, 0) is 0 Å². The van der Waals surface area contributed by atoms with E-state index in [2.05, 4.69) is 64.0 Å². The average molecular weight is 545 g/mol. The number of nitrogens with zero attached hydrogens (tertiary/aromatic N) is 6. The minimum atomic E-state index is 0.711. The summed E-state index contributed by atoms with van der Waals surface area (Å²) in [5.41, 5.74) is 0.715. The van der Waals surface area contributed by atoms with Crippen LogP contribution in [-0.4, -0.2) is 146 Å². The van der Waals surface area contributed by atoms with E-state index < -0.39 is 0 Å². The van der Waals surface area contributed by atoms with Crippen LogP contribution < -0.4 is 0 Å². The van der Waals surface area contributed by atoms with E-state index in [0.29, 0.717) is 11.5 Å². The van der Waals surface area contributed by atoms with Gasteiger partial charge in [0, 0.05) is 83.6 Å². The Labute approximate surface area is 242 Å². The maximum atomic E-state index is 2.85. The van der Waals surface area contributed by atoms with Gasteiger partial charge in [-0.15, -0.1) is 0 Å². The molecule has 226 valence electrons. The number of piperazine rings is 2. The molecule has 5 rings (SSSR count). The van der Waals surface area contributed by atoms with Gasteiger partial charge in [0.05, 0.1) is 0 Å². The Morgan fingerprint density at radius 3 is 1.67 bits per heavy atom. The monoisotopic (exact) mass is 545 g/mol. The van der Waals surface area contributed by atoms with Gasteiger partial charge in [0.15, 0.2) is 0 Å². The summed E-state index contributed by atoms with van der Waals surface area (Å²) in [6.45, 7) is 31.6. The second-order valence-electron chi connectivity index (χ2n) is 14.7. The summed E-state index contributed by atoms with van der Waals surface area (Å²) in [5, 5.41) is 0. The van der Waals surface area contributed by atoms with Gasteiger partial charge >= 0.3 is 0 Å². The zero-order chi connectivity index (χ0) is 27.4. The normalized spacial score (nSPS) is 30.8. The number of hydrogen-bond donors (Lipinski definition) is 0. The standard InChI is InChI=1S/C33H64N6/c1-6-34-17-19-35(20-18-34)26-31-9-13-38(14-10-31)29(4)7-8-30(5)39-15-11-33(12-16-39)25-32(33)27-36-21-23-37(24-22-36)28(2)3/h28-32H,6-27H2,1-5H3. The molecule has 3 unspecified atom stereocenters. The number of piperidine rings is 2. The molecule has 1 spiro atoms. The van der Waals surface area contributed by atoms with Crippen LogP contribution in [0.25, 0.3) is 0 Å². The van der Waals surface area contributed by atoms with E-state index in [1.165, 1.54) is 143 Å². The van der Waals surface area contributed by atoms with E-state index in [1.54, 1.807) is 0 Å². The second-order valence-corrected chi connectivity index (χ2v) is 14.7. The Hall–Kier alpha value is -0.240. The number of likely N-dealkylation sites (N-methyl/N-ethyl adjacent to an activating group) is 1. The van der Waals surface area contributed by atoms with Crippen LogP contribution in [0.4, 0.5) is 0 Å². The smallest absolute Gasteiger partial charge is 0.0113 e. The average Bonchev–Trinajstić information content (AvgIpc) is 3.62. The molecule has 4 saturated heterocycles. The van der Waals surface area contributed by atoms with Crippen molar-refractivity contribution in [2.45, 2.75) is 97.7 Å². The Morgan fingerprint density at radius 2 is 1.10 bits per heavy atom. The molecule has 39 heavy (non-hydrogen) atoms. The van der Waals surface area contributed by atoms with E-state index in [1.807, 2.05) is 0 Å². The van der Waals surface area contributed by atoms with Crippen molar-refractivity contribution in [1.82, 2.24) is 29.4 Å². The molecule has 5 fully saturated rings. The minimum absolute atomic E-state index is 0.711. The highest BCUT2D eigenvalue weighted by Crippen LogP contribution is 2.59. The highest BCUT2D eigenvalue weighted by molar-refractivity contribution is 5.06. The third-order valence-corrected chi connectivity index (χ3v) is 12.1. The summed E-state index contributed by atoms with van der Waals surface area (Å²) in [6.07, 6.45) is 10.0. The maximum absolute atomic E-state index is 2.85. The lowest BCUT2D eigenvalue weighted by Crippen LogP contribution is -2.49. The van der Waals surface area contributed by atoms with Gasteiger partial charge in [-0.1, -0.05) is 6.92 Å². The predicted molar refractivity (Wildman–Crippen MR) is 166 cm³/mol. The molecule has 6 nitrogen and oxygen atoms in total. The van der Waals surface area contributed by atoms with Crippen molar-refractivity contribution in [2.75, 3.05) is 98.2 Å². The van der Waals surface area contributed by atoms with Crippen LogP contribution in [0.1, 0.15) is 79.6 Å². The Balaban J connectivity index is 0.937. The fourth-order valence-electron chi connectivity index (χ4n) is 8.56. The van der Waals surface area contributed by atoms with E-state index >= 15 is 0 Å². The molecule has 1 aliphatic carbocycles. The molecule has 0 aromatic rings. The van der Waals surface area contributed by atoms with E-state index in [-0.39, 0.29) is 0 Å². The van der Waals surface area contributed by atoms with Crippen LogP contribution in [0.2, 0.25) is 0 Å². The third kappa shape index (κ3) is 7.99. The van der Waals surface area contributed by atoms with Gasteiger partial charge in [-0.2, -0.15) is 0 Å². The molecule has 0 aromatic carbocycles. The Morgan fingerprint density at radius 1 is 0.590 bits per heavy atom. The first kappa shape index (κ1) is 30.2. The highest BCUT2D eigenvalue weighted by Gasteiger charge is 2.55. The van der Waals surface area contributed by atoms with Gasteiger partial charge in [-0.3, -0.25) is 4.90 Å². The SMILES string of the molecule is CCN1CCN(CC2CCN(C(C)CCC(C)N3CCC4(CC3)CC4CN3CCN(C(C)C)CC3)CC2)CC1. The quantitative estimate of drug-likeness (QED) is 0.389. The summed E-state index contributed by atoms with van der Waals surface area (Å²) in [7, 11) is 0. The number of hydrogen-bond acceptors (Lipinski definition) is 6. The van der Waals surface area contributed by atoms with Gasteiger partial charge in [-0.05, 0) is 123 Å². The van der Waals surface area contributed by atoms with Gasteiger partial charge in [0.2, 0.25) is 0 Å². The molecule has 0 aromatic heterocycles. The maximum Gasteiger partial charge on any atom is 0.0113 e. The van der Waals surface area contributed by atoms with Crippen molar-refractivity contribution in [1.29, 1.82) is 0 Å². The van der Waals surface area contributed by atoms with Gasteiger partial charge in [0.1, 0.15) is 0 Å². The lowest BCUT2D eigenvalue weighted by atomic mass is 9.89. The molecular formula is C33H64N6. The highest BCUT2D eigenvalue weighted by atomic mass is 15.3. The molecule has 0 amide bonds. The van der Waals surface area contributed by atoms with Crippen molar-refractivity contribution in [3.63, 3.8) is 0 Å². The molecule has 6 heteroatoms. The van der Waals surface area contributed by atoms with E-state index in [9.17, 15) is 0 Å².